The van der Waals surface area contributed by atoms with Gasteiger partial charge in [-0.2, -0.15) is 0 Å². The lowest BCUT2D eigenvalue weighted by Crippen LogP contribution is -2.31. The van der Waals surface area contributed by atoms with Gasteiger partial charge >= 0.3 is 5.97 Å². The van der Waals surface area contributed by atoms with E-state index in [2.05, 4.69) is 32.9 Å². The topological polar surface area (TPSA) is 37.3 Å². The predicted octanol–water partition coefficient (Wildman–Crippen LogP) is 3.74. The van der Waals surface area contributed by atoms with Crippen LogP contribution in [0.5, 0.6) is 0 Å². The Morgan fingerprint density at radius 1 is 1.39 bits per heavy atom. The van der Waals surface area contributed by atoms with Crippen molar-refractivity contribution in [3.05, 3.63) is 34.9 Å². The van der Waals surface area contributed by atoms with Crippen LogP contribution in [0.2, 0.25) is 0 Å². The van der Waals surface area contributed by atoms with Gasteiger partial charge in [0.25, 0.3) is 0 Å². The van der Waals surface area contributed by atoms with Crippen LogP contribution in [0.1, 0.15) is 42.9 Å². The number of hydrogen-bond donors (Lipinski definition) is 1. The maximum Gasteiger partial charge on any atom is 0.309 e. The zero-order valence-corrected chi connectivity index (χ0v) is 11.5. The minimum absolute atomic E-state index is 0.531. The number of carboxylic acid groups (broad SMARTS) is 1. The molecule has 18 heavy (non-hydrogen) atoms. The molecule has 2 atom stereocenters. The maximum absolute atomic E-state index is 11.7. The lowest BCUT2D eigenvalue weighted by Gasteiger charge is -2.26. The average Bonchev–Trinajstić information content (AvgIpc) is 2.67. The normalized spacial score (nSPS) is 27.4. The van der Waals surface area contributed by atoms with Crippen LogP contribution >= 0.6 is 0 Å². The molecule has 1 fully saturated rings. The number of benzene rings is 1. The fraction of sp³-hybridized carbons (Fsp3) is 0.562. The summed E-state index contributed by atoms with van der Waals surface area (Å²) in [6, 6.07) is 6.20. The van der Waals surface area contributed by atoms with Crippen LogP contribution in [-0.4, -0.2) is 11.1 Å². The Kier molecular flexibility index (Phi) is 3.47. The number of carboxylic acids is 1. The Morgan fingerprint density at radius 3 is 2.44 bits per heavy atom. The fourth-order valence-electron chi connectivity index (χ4n) is 3.29. The van der Waals surface area contributed by atoms with Gasteiger partial charge in [0.05, 0.1) is 5.41 Å². The fourth-order valence-corrected chi connectivity index (χ4v) is 3.29. The highest BCUT2D eigenvalue weighted by Crippen LogP contribution is 2.45. The minimum atomic E-state index is -0.616. The summed E-state index contributed by atoms with van der Waals surface area (Å²) in [5.41, 5.74) is 3.13. The molecule has 0 heterocycles. The van der Waals surface area contributed by atoms with Crippen molar-refractivity contribution >= 4 is 5.97 Å². The van der Waals surface area contributed by atoms with E-state index in [1.165, 1.54) is 16.7 Å². The second-order valence-electron chi connectivity index (χ2n) is 5.98. The van der Waals surface area contributed by atoms with Crippen LogP contribution in [-0.2, 0) is 11.2 Å². The van der Waals surface area contributed by atoms with E-state index in [1.807, 2.05) is 6.07 Å². The van der Waals surface area contributed by atoms with Crippen molar-refractivity contribution < 1.29 is 9.90 Å². The first-order chi connectivity index (χ1) is 8.44. The molecule has 1 aliphatic rings. The van der Waals surface area contributed by atoms with Crippen molar-refractivity contribution in [1.29, 1.82) is 0 Å². The van der Waals surface area contributed by atoms with Crippen LogP contribution < -0.4 is 0 Å². The molecule has 2 heteroatoms. The van der Waals surface area contributed by atoms with Crippen molar-refractivity contribution in [3.8, 4) is 0 Å². The summed E-state index contributed by atoms with van der Waals surface area (Å²) in [5, 5.41) is 9.62. The molecular formula is C16H22O2. The monoisotopic (exact) mass is 246 g/mol. The number of aliphatic carboxylic acids is 1. The SMILES string of the molecule is Cc1cccc(C)c1CC1(C(=O)O)CCC(C)C1. The summed E-state index contributed by atoms with van der Waals surface area (Å²) in [6.07, 6.45) is 3.36. The van der Waals surface area contributed by atoms with Crippen LogP contribution in [0.15, 0.2) is 18.2 Å². The van der Waals surface area contributed by atoms with E-state index in [9.17, 15) is 9.90 Å². The van der Waals surface area contributed by atoms with Gasteiger partial charge in [-0.1, -0.05) is 25.1 Å². The molecule has 0 saturated heterocycles. The van der Waals surface area contributed by atoms with Gasteiger partial charge < -0.3 is 5.11 Å². The lowest BCUT2D eigenvalue weighted by atomic mass is 9.77. The van der Waals surface area contributed by atoms with Gasteiger partial charge in [0, 0.05) is 0 Å². The highest BCUT2D eigenvalue weighted by Gasteiger charge is 2.44. The van der Waals surface area contributed by atoms with Crippen molar-refractivity contribution in [3.63, 3.8) is 0 Å². The van der Waals surface area contributed by atoms with E-state index in [0.717, 1.165) is 19.3 Å². The van der Waals surface area contributed by atoms with Gasteiger partial charge in [-0.25, -0.2) is 0 Å². The molecule has 98 valence electrons. The zero-order chi connectivity index (χ0) is 13.3. The van der Waals surface area contributed by atoms with E-state index < -0.39 is 11.4 Å². The van der Waals surface area contributed by atoms with E-state index >= 15 is 0 Å². The van der Waals surface area contributed by atoms with Crippen molar-refractivity contribution in [2.45, 2.75) is 46.5 Å². The number of rotatable bonds is 3. The Labute approximate surface area is 109 Å². The van der Waals surface area contributed by atoms with Crippen molar-refractivity contribution in [2.24, 2.45) is 11.3 Å². The second-order valence-corrected chi connectivity index (χ2v) is 5.98. The largest absolute Gasteiger partial charge is 0.481 e. The van der Waals surface area contributed by atoms with Crippen LogP contribution in [0.4, 0.5) is 0 Å². The Morgan fingerprint density at radius 2 is 2.00 bits per heavy atom. The third-order valence-corrected chi connectivity index (χ3v) is 4.47. The molecule has 2 nitrogen and oxygen atoms in total. The van der Waals surface area contributed by atoms with Crippen LogP contribution in [0, 0.1) is 25.2 Å². The van der Waals surface area contributed by atoms with Crippen LogP contribution in [0.3, 0.4) is 0 Å². The van der Waals surface area contributed by atoms with Crippen LogP contribution in [0.25, 0.3) is 0 Å². The molecule has 1 aliphatic carbocycles. The molecule has 0 amide bonds. The first kappa shape index (κ1) is 13.1. The summed E-state index contributed by atoms with van der Waals surface area (Å²) in [5.74, 6) is -0.0834. The van der Waals surface area contributed by atoms with Gasteiger partial charge in [0.1, 0.15) is 0 Å². The molecule has 0 bridgehead atoms. The minimum Gasteiger partial charge on any atom is -0.481 e. The Hall–Kier alpha value is -1.31. The highest BCUT2D eigenvalue weighted by molar-refractivity contribution is 5.75. The Bertz CT molecular complexity index is 444. The maximum atomic E-state index is 11.7. The molecule has 2 unspecified atom stereocenters. The molecule has 1 aromatic rings. The van der Waals surface area contributed by atoms with Gasteiger partial charge in [-0.3, -0.25) is 4.79 Å². The number of aryl methyl sites for hydroxylation is 2. The molecule has 1 saturated carbocycles. The molecule has 2 rings (SSSR count). The van der Waals surface area contributed by atoms with Gasteiger partial charge in [0.15, 0.2) is 0 Å². The molecule has 0 radical (unpaired) electrons. The zero-order valence-electron chi connectivity index (χ0n) is 11.5. The number of carbonyl (C=O) groups is 1. The van der Waals surface area contributed by atoms with E-state index in [4.69, 9.17) is 0 Å². The Balaban J connectivity index is 2.33. The summed E-state index contributed by atoms with van der Waals surface area (Å²) in [6.45, 7) is 6.32. The van der Waals surface area contributed by atoms with E-state index in [-0.39, 0.29) is 0 Å². The summed E-state index contributed by atoms with van der Waals surface area (Å²) < 4.78 is 0. The molecular weight excluding hydrogens is 224 g/mol. The van der Waals surface area contributed by atoms with Gasteiger partial charge in [-0.15, -0.1) is 0 Å². The first-order valence-corrected chi connectivity index (χ1v) is 6.73. The highest BCUT2D eigenvalue weighted by atomic mass is 16.4. The quantitative estimate of drug-likeness (QED) is 0.882. The molecule has 0 aliphatic heterocycles. The van der Waals surface area contributed by atoms with Crippen molar-refractivity contribution in [2.75, 3.05) is 0 Å². The van der Waals surface area contributed by atoms with Gasteiger partial charge in [-0.05, 0) is 62.1 Å². The van der Waals surface area contributed by atoms with E-state index in [1.54, 1.807) is 0 Å². The molecule has 0 aromatic heterocycles. The lowest BCUT2D eigenvalue weighted by molar-refractivity contribution is -0.148. The third kappa shape index (κ3) is 2.29. The summed E-state index contributed by atoms with van der Waals surface area (Å²) >= 11 is 0. The smallest absolute Gasteiger partial charge is 0.309 e. The second kappa shape index (κ2) is 4.75. The average molecular weight is 246 g/mol. The summed E-state index contributed by atoms with van der Waals surface area (Å²) in [7, 11) is 0. The van der Waals surface area contributed by atoms with E-state index in [0.29, 0.717) is 12.3 Å². The molecule has 0 spiro atoms. The van der Waals surface area contributed by atoms with Gasteiger partial charge in [0.2, 0.25) is 0 Å². The third-order valence-electron chi connectivity index (χ3n) is 4.47. The summed E-state index contributed by atoms with van der Waals surface area (Å²) in [4.78, 5) is 11.7. The number of hydrogen-bond acceptors (Lipinski definition) is 1. The van der Waals surface area contributed by atoms with Crippen molar-refractivity contribution in [1.82, 2.24) is 0 Å². The standard InChI is InChI=1S/C16H22O2/c1-11-7-8-16(9-11,15(17)18)10-14-12(2)5-4-6-13(14)3/h4-6,11H,7-10H2,1-3H3,(H,17,18). The first-order valence-electron chi connectivity index (χ1n) is 6.73. The molecule has 1 N–H and O–H groups in total. The predicted molar refractivity (Wildman–Crippen MR) is 72.7 cm³/mol. The molecule has 1 aromatic carbocycles.